The van der Waals surface area contributed by atoms with Crippen molar-refractivity contribution in [3.63, 3.8) is 0 Å². The zero-order valence-electron chi connectivity index (χ0n) is 12.8. The smallest absolute Gasteiger partial charge is 0.262 e. The Morgan fingerprint density at radius 2 is 2.10 bits per heavy atom. The maximum absolute atomic E-state index is 12.7. The second-order valence-electron chi connectivity index (χ2n) is 5.47. The molecule has 2 N–H and O–H groups in total. The van der Waals surface area contributed by atoms with Crippen molar-refractivity contribution in [2.75, 3.05) is 33.9 Å². The number of rotatable bonds is 6. The zero-order chi connectivity index (χ0) is 15.5. The van der Waals surface area contributed by atoms with Crippen LogP contribution in [0.5, 0.6) is 0 Å². The van der Waals surface area contributed by atoms with E-state index in [4.69, 9.17) is 4.74 Å². The molecule has 2 heterocycles. The Morgan fingerprint density at radius 1 is 1.43 bits per heavy atom. The quantitative estimate of drug-likeness (QED) is 0.797. The van der Waals surface area contributed by atoms with Crippen LogP contribution in [0.25, 0.3) is 0 Å². The van der Waals surface area contributed by atoms with E-state index in [2.05, 4.69) is 15.5 Å². The minimum absolute atomic E-state index is 0.152. The highest BCUT2D eigenvalue weighted by atomic mass is 32.2. The van der Waals surface area contributed by atoms with Crippen LogP contribution in [-0.2, 0) is 21.3 Å². The molecular weight excluding hydrogens is 292 g/mol. The first-order valence-electron chi connectivity index (χ1n) is 7.18. The molecule has 1 aliphatic rings. The molecule has 0 atom stereocenters. The number of aryl methyl sites for hydroxylation is 1. The second kappa shape index (κ2) is 6.87. The Hall–Kier alpha value is -0.960. The Morgan fingerprint density at radius 3 is 2.67 bits per heavy atom. The van der Waals surface area contributed by atoms with Gasteiger partial charge in [-0.2, -0.15) is 9.40 Å². The number of H-pyrrole nitrogens is 1. The predicted molar refractivity (Wildman–Crippen MR) is 79.4 cm³/mol. The van der Waals surface area contributed by atoms with E-state index >= 15 is 0 Å². The van der Waals surface area contributed by atoms with Crippen molar-refractivity contribution in [1.29, 1.82) is 0 Å². The molecule has 1 aliphatic heterocycles. The molecule has 1 fully saturated rings. The monoisotopic (exact) mass is 316 g/mol. The van der Waals surface area contributed by atoms with Crippen LogP contribution in [0, 0.1) is 12.8 Å². The van der Waals surface area contributed by atoms with Crippen LogP contribution >= 0.6 is 0 Å². The van der Waals surface area contributed by atoms with E-state index in [1.807, 2.05) is 6.92 Å². The summed E-state index contributed by atoms with van der Waals surface area (Å²) in [5, 5.41) is 9.94. The summed E-state index contributed by atoms with van der Waals surface area (Å²) in [7, 11) is -0.0513. The summed E-state index contributed by atoms with van der Waals surface area (Å²) in [6.45, 7) is 4.07. The number of ether oxygens (including phenoxy) is 1. The molecule has 0 amide bonds. The van der Waals surface area contributed by atoms with Gasteiger partial charge in [0, 0.05) is 44.6 Å². The van der Waals surface area contributed by atoms with Gasteiger partial charge >= 0.3 is 0 Å². The summed E-state index contributed by atoms with van der Waals surface area (Å²) < 4.78 is 32.2. The van der Waals surface area contributed by atoms with Crippen LogP contribution in [0.1, 0.15) is 24.1 Å². The lowest BCUT2D eigenvalue weighted by atomic mass is 9.99. The number of methoxy groups -OCH3 is 1. The lowest BCUT2D eigenvalue weighted by Crippen LogP contribution is -2.39. The van der Waals surface area contributed by atoms with Gasteiger partial charge in [-0.05, 0) is 32.7 Å². The highest BCUT2D eigenvalue weighted by molar-refractivity contribution is 7.89. The normalized spacial score (nSPS) is 18.2. The van der Waals surface area contributed by atoms with Crippen LogP contribution in [0.15, 0.2) is 5.03 Å². The van der Waals surface area contributed by atoms with E-state index in [-0.39, 0.29) is 5.03 Å². The minimum atomic E-state index is -3.52. The number of hydrogen-bond donors (Lipinski definition) is 2. The van der Waals surface area contributed by atoms with Crippen molar-refractivity contribution in [3.05, 3.63) is 11.3 Å². The van der Waals surface area contributed by atoms with Gasteiger partial charge in [-0.1, -0.05) is 0 Å². The Bertz CT molecular complexity index is 562. The first-order valence-corrected chi connectivity index (χ1v) is 8.62. The highest BCUT2D eigenvalue weighted by Gasteiger charge is 2.33. The number of aromatic nitrogens is 2. The molecule has 0 unspecified atom stereocenters. The lowest BCUT2D eigenvalue weighted by Gasteiger charge is -2.30. The van der Waals surface area contributed by atoms with Gasteiger partial charge in [0.25, 0.3) is 10.0 Å². The first kappa shape index (κ1) is 16.4. The molecule has 0 saturated carbocycles. The van der Waals surface area contributed by atoms with Crippen LogP contribution in [-0.4, -0.2) is 56.8 Å². The van der Waals surface area contributed by atoms with Gasteiger partial charge in [0.15, 0.2) is 5.03 Å². The third-order valence-electron chi connectivity index (χ3n) is 3.95. The molecule has 1 aromatic heterocycles. The molecule has 21 heavy (non-hydrogen) atoms. The number of sulfonamides is 1. The van der Waals surface area contributed by atoms with Crippen molar-refractivity contribution in [3.8, 4) is 0 Å². The zero-order valence-corrected chi connectivity index (χ0v) is 13.7. The number of piperidine rings is 1. The van der Waals surface area contributed by atoms with E-state index in [0.29, 0.717) is 32.2 Å². The average Bonchev–Trinajstić information content (AvgIpc) is 2.82. The molecule has 0 radical (unpaired) electrons. The Balaban J connectivity index is 2.16. The predicted octanol–water partition coefficient (Wildman–Crippen LogP) is 0.485. The fraction of sp³-hybridized carbons (Fsp3) is 0.769. The molecular formula is C13H24N4O3S. The fourth-order valence-electron chi connectivity index (χ4n) is 2.70. The van der Waals surface area contributed by atoms with Crippen molar-refractivity contribution >= 4 is 10.0 Å². The van der Waals surface area contributed by atoms with Gasteiger partial charge < -0.3 is 10.1 Å². The van der Waals surface area contributed by atoms with Gasteiger partial charge in [0.05, 0.1) is 0 Å². The van der Waals surface area contributed by atoms with Crippen molar-refractivity contribution in [2.45, 2.75) is 31.3 Å². The van der Waals surface area contributed by atoms with Crippen molar-refractivity contribution in [1.82, 2.24) is 19.8 Å². The van der Waals surface area contributed by atoms with Gasteiger partial charge in [-0.15, -0.1) is 0 Å². The van der Waals surface area contributed by atoms with Crippen LogP contribution in [0.3, 0.4) is 0 Å². The minimum Gasteiger partial charge on any atom is -0.384 e. The summed E-state index contributed by atoms with van der Waals surface area (Å²) >= 11 is 0. The molecule has 2 rings (SSSR count). The third-order valence-corrected chi connectivity index (χ3v) is 5.82. The van der Waals surface area contributed by atoms with Gasteiger partial charge in [0.1, 0.15) is 0 Å². The van der Waals surface area contributed by atoms with Gasteiger partial charge in [-0.25, -0.2) is 8.42 Å². The van der Waals surface area contributed by atoms with E-state index in [9.17, 15) is 8.42 Å². The molecule has 0 aromatic carbocycles. The van der Waals surface area contributed by atoms with E-state index < -0.39 is 10.0 Å². The SMILES string of the molecule is CNCc1c(S(=O)(=O)N2CCC(COC)CC2)n[nH]c1C. The van der Waals surface area contributed by atoms with E-state index in [0.717, 1.165) is 24.1 Å². The number of aromatic amines is 1. The van der Waals surface area contributed by atoms with Crippen LogP contribution in [0.4, 0.5) is 0 Å². The molecule has 7 nitrogen and oxygen atoms in total. The summed E-state index contributed by atoms with van der Waals surface area (Å²) in [5.74, 6) is 0.444. The lowest BCUT2D eigenvalue weighted by molar-refractivity contribution is 0.121. The largest absolute Gasteiger partial charge is 0.384 e. The maximum atomic E-state index is 12.7. The van der Waals surface area contributed by atoms with Crippen molar-refractivity contribution in [2.24, 2.45) is 5.92 Å². The molecule has 1 saturated heterocycles. The topological polar surface area (TPSA) is 87.3 Å². The van der Waals surface area contributed by atoms with E-state index in [1.165, 1.54) is 4.31 Å². The standard InChI is InChI=1S/C13H24N4O3S/c1-10-12(8-14-2)13(16-15-10)21(18,19)17-6-4-11(5-7-17)9-20-3/h11,14H,4-9H2,1-3H3,(H,15,16). The maximum Gasteiger partial charge on any atom is 0.262 e. The fourth-order valence-corrected chi connectivity index (χ4v) is 4.34. The van der Waals surface area contributed by atoms with E-state index in [1.54, 1.807) is 14.2 Å². The average molecular weight is 316 g/mol. The van der Waals surface area contributed by atoms with Crippen LogP contribution < -0.4 is 5.32 Å². The Kier molecular flexibility index (Phi) is 5.37. The Labute approximate surface area is 126 Å². The summed E-state index contributed by atoms with van der Waals surface area (Å²) in [6.07, 6.45) is 1.66. The van der Waals surface area contributed by atoms with Crippen LogP contribution in [0.2, 0.25) is 0 Å². The number of nitrogens with zero attached hydrogens (tertiary/aromatic N) is 2. The molecule has 120 valence electrons. The first-order chi connectivity index (χ1) is 10.0. The summed E-state index contributed by atoms with van der Waals surface area (Å²) in [6, 6.07) is 0. The summed E-state index contributed by atoms with van der Waals surface area (Å²) in [4.78, 5) is 0. The second-order valence-corrected chi connectivity index (χ2v) is 7.32. The molecule has 0 aliphatic carbocycles. The summed E-state index contributed by atoms with van der Waals surface area (Å²) in [5.41, 5.74) is 1.51. The van der Waals surface area contributed by atoms with Gasteiger partial charge in [0.2, 0.25) is 0 Å². The highest BCUT2D eigenvalue weighted by Crippen LogP contribution is 2.25. The third kappa shape index (κ3) is 3.45. The number of hydrogen-bond acceptors (Lipinski definition) is 5. The molecule has 1 aromatic rings. The molecule has 0 bridgehead atoms. The molecule has 8 heteroatoms. The number of nitrogens with one attached hydrogen (secondary N) is 2. The molecule has 0 spiro atoms. The van der Waals surface area contributed by atoms with Crippen molar-refractivity contribution < 1.29 is 13.2 Å². The van der Waals surface area contributed by atoms with Gasteiger partial charge in [-0.3, -0.25) is 5.10 Å².